The largest absolute Gasteiger partial charge is 0.352 e. The molecular formula is C22H25FN2O2. The minimum atomic E-state index is -0.422. The Morgan fingerprint density at radius 2 is 1.93 bits per heavy atom. The Balaban J connectivity index is 1.69. The predicted octanol–water partition coefficient (Wildman–Crippen LogP) is 4.01. The number of rotatable bonds is 6. The lowest BCUT2D eigenvalue weighted by Gasteiger charge is -2.23. The molecule has 1 saturated heterocycles. The number of anilines is 1. The van der Waals surface area contributed by atoms with Gasteiger partial charge in [-0.1, -0.05) is 50.2 Å². The van der Waals surface area contributed by atoms with E-state index in [0.29, 0.717) is 18.0 Å². The van der Waals surface area contributed by atoms with Gasteiger partial charge in [-0.25, -0.2) is 4.39 Å². The van der Waals surface area contributed by atoms with Gasteiger partial charge in [0.2, 0.25) is 11.8 Å². The molecule has 0 bridgehead atoms. The van der Waals surface area contributed by atoms with Gasteiger partial charge in [-0.05, 0) is 30.0 Å². The maximum Gasteiger partial charge on any atom is 0.227 e. The maximum absolute atomic E-state index is 13.7. The maximum atomic E-state index is 13.7. The summed E-state index contributed by atoms with van der Waals surface area (Å²) in [5, 5.41) is 2.77. The third-order valence-electron chi connectivity index (χ3n) is 5.28. The number of benzene rings is 2. The van der Waals surface area contributed by atoms with Crippen LogP contribution in [0, 0.1) is 11.7 Å². The number of halogens is 1. The molecule has 0 radical (unpaired) electrons. The molecule has 1 aliphatic rings. The topological polar surface area (TPSA) is 49.4 Å². The van der Waals surface area contributed by atoms with Gasteiger partial charge in [0.15, 0.2) is 0 Å². The summed E-state index contributed by atoms with van der Waals surface area (Å²) in [6.07, 6.45) is 1.16. The van der Waals surface area contributed by atoms with Crippen LogP contribution in [0.15, 0.2) is 48.5 Å². The monoisotopic (exact) mass is 368 g/mol. The molecule has 1 aliphatic heterocycles. The zero-order valence-electron chi connectivity index (χ0n) is 15.7. The normalized spacial score (nSPS) is 17.8. The smallest absolute Gasteiger partial charge is 0.227 e. The number of hydrogen-bond donors (Lipinski definition) is 1. The first-order valence-electron chi connectivity index (χ1n) is 9.41. The lowest BCUT2D eigenvalue weighted by atomic mass is 9.96. The standard InChI is InChI=1S/C22H25FN2O2/c1-3-15(2)18-9-5-7-11-20(18)25-14-17(12-21(25)26)22(27)24-13-16-8-4-6-10-19(16)23/h4-11,15,17H,3,12-14H2,1-2H3,(H,24,27)/t15-,17+/m0/s1. The molecule has 4 nitrogen and oxygen atoms in total. The van der Waals surface area contributed by atoms with Crippen molar-refractivity contribution >= 4 is 17.5 Å². The Hall–Kier alpha value is -2.69. The molecule has 0 saturated carbocycles. The highest BCUT2D eigenvalue weighted by Crippen LogP contribution is 2.33. The molecule has 0 spiro atoms. The summed E-state index contributed by atoms with van der Waals surface area (Å²) >= 11 is 0. The van der Waals surface area contributed by atoms with Crippen molar-refractivity contribution < 1.29 is 14.0 Å². The molecule has 27 heavy (non-hydrogen) atoms. The van der Waals surface area contributed by atoms with Crippen molar-refractivity contribution in [1.29, 1.82) is 0 Å². The number of para-hydroxylation sites is 1. The lowest BCUT2D eigenvalue weighted by Crippen LogP contribution is -2.33. The van der Waals surface area contributed by atoms with Crippen molar-refractivity contribution in [3.63, 3.8) is 0 Å². The fraction of sp³-hybridized carbons (Fsp3) is 0.364. The Labute approximate surface area is 159 Å². The highest BCUT2D eigenvalue weighted by Gasteiger charge is 2.36. The summed E-state index contributed by atoms with van der Waals surface area (Å²) in [6.45, 7) is 4.74. The predicted molar refractivity (Wildman–Crippen MR) is 104 cm³/mol. The number of amides is 2. The van der Waals surface area contributed by atoms with Crippen molar-refractivity contribution in [3.8, 4) is 0 Å². The van der Waals surface area contributed by atoms with Gasteiger partial charge in [0, 0.05) is 30.8 Å². The lowest BCUT2D eigenvalue weighted by molar-refractivity contribution is -0.126. The Kier molecular flexibility index (Phi) is 5.89. The van der Waals surface area contributed by atoms with Crippen LogP contribution in [0.25, 0.3) is 0 Å². The van der Waals surface area contributed by atoms with Crippen LogP contribution in [-0.2, 0) is 16.1 Å². The highest BCUT2D eigenvalue weighted by atomic mass is 19.1. The molecule has 5 heteroatoms. The fourth-order valence-corrected chi connectivity index (χ4v) is 3.45. The molecule has 1 fully saturated rings. The van der Waals surface area contributed by atoms with Gasteiger partial charge in [0.1, 0.15) is 5.82 Å². The number of nitrogens with one attached hydrogen (secondary N) is 1. The molecule has 2 aromatic carbocycles. The average Bonchev–Trinajstić information content (AvgIpc) is 3.08. The van der Waals surface area contributed by atoms with Gasteiger partial charge in [0.25, 0.3) is 0 Å². The summed E-state index contributed by atoms with van der Waals surface area (Å²) in [5.74, 6) is -0.687. The van der Waals surface area contributed by atoms with E-state index in [1.807, 2.05) is 24.3 Å². The Morgan fingerprint density at radius 3 is 2.67 bits per heavy atom. The van der Waals surface area contributed by atoms with Gasteiger partial charge in [-0.3, -0.25) is 9.59 Å². The van der Waals surface area contributed by atoms with Crippen LogP contribution in [0.3, 0.4) is 0 Å². The van der Waals surface area contributed by atoms with Crippen LogP contribution < -0.4 is 10.2 Å². The van der Waals surface area contributed by atoms with E-state index in [2.05, 4.69) is 19.2 Å². The quantitative estimate of drug-likeness (QED) is 0.838. The zero-order valence-corrected chi connectivity index (χ0v) is 15.7. The SMILES string of the molecule is CC[C@H](C)c1ccccc1N1C[C@H](C(=O)NCc2ccccc2F)CC1=O. The summed E-state index contributed by atoms with van der Waals surface area (Å²) in [6, 6.07) is 14.2. The zero-order chi connectivity index (χ0) is 19.4. The minimum absolute atomic E-state index is 0.0446. The molecule has 1 N–H and O–H groups in total. The molecule has 3 rings (SSSR count). The number of carbonyl (C=O) groups is 2. The van der Waals surface area contributed by atoms with Crippen LogP contribution in [0.5, 0.6) is 0 Å². The first kappa shape index (κ1) is 19.1. The first-order chi connectivity index (χ1) is 13.0. The van der Waals surface area contributed by atoms with E-state index in [-0.39, 0.29) is 30.6 Å². The molecule has 142 valence electrons. The molecule has 0 aromatic heterocycles. The van der Waals surface area contributed by atoms with E-state index in [1.54, 1.807) is 23.1 Å². The second-order valence-electron chi connectivity index (χ2n) is 7.08. The summed E-state index contributed by atoms with van der Waals surface area (Å²) in [5.41, 5.74) is 2.45. The van der Waals surface area contributed by atoms with Crippen LogP contribution in [0.4, 0.5) is 10.1 Å². The van der Waals surface area contributed by atoms with Crippen molar-refractivity contribution in [2.45, 2.75) is 39.2 Å². The second kappa shape index (κ2) is 8.33. The Morgan fingerprint density at radius 1 is 1.22 bits per heavy atom. The van der Waals surface area contributed by atoms with E-state index in [9.17, 15) is 14.0 Å². The van der Waals surface area contributed by atoms with Gasteiger partial charge in [-0.2, -0.15) is 0 Å². The fourth-order valence-electron chi connectivity index (χ4n) is 3.45. The Bertz CT molecular complexity index is 837. The van der Waals surface area contributed by atoms with Crippen molar-refractivity contribution in [2.24, 2.45) is 5.92 Å². The minimum Gasteiger partial charge on any atom is -0.352 e. The van der Waals surface area contributed by atoms with Crippen LogP contribution in [0.1, 0.15) is 43.7 Å². The molecule has 2 aromatic rings. The first-order valence-corrected chi connectivity index (χ1v) is 9.41. The van der Waals surface area contributed by atoms with Gasteiger partial charge >= 0.3 is 0 Å². The number of nitrogens with zero attached hydrogens (tertiary/aromatic N) is 1. The van der Waals surface area contributed by atoms with Crippen LogP contribution in [-0.4, -0.2) is 18.4 Å². The highest BCUT2D eigenvalue weighted by molar-refractivity contribution is 6.00. The van der Waals surface area contributed by atoms with Crippen molar-refractivity contribution in [3.05, 3.63) is 65.5 Å². The third kappa shape index (κ3) is 4.18. The van der Waals surface area contributed by atoms with E-state index < -0.39 is 5.92 Å². The van der Waals surface area contributed by atoms with Gasteiger partial charge < -0.3 is 10.2 Å². The summed E-state index contributed by atoms with van der Waals surface area (Å²) < 4.78 is 13.7. The summed E-state index contributed by atoms with van der Waals surface area (Å²) in [7, 11) is 0. The van der Waals surface area contributed by atoms with Gasteiger partial charge in [0.05, 0.1) is 5.92 Å². The molecule has 2 amide bonds. The van der Waals surface area contributed by atoms with Crippen LogP contribution >= 0.6 is 0 Å². The van der Waals surface area contributed by atoms with E-state index in [0.717, 1.165) is 17.7 Å². The second-order valence-corrected chi connectivity index (χ2v) is 7.08. The van der Waals surface area contributed by atoms with Crippen LogP contribution in [0.2, 0.25) is 0 Å². The average molecular weight is 368 g/mol. The molecule has 0 unspecified atom stereocenters. The van der Waals surface area contributed by atoms with E-state index in [4.69, 9.17) is 0 Å². The number of hydrogen-bond acceptors (Lipinski definition) is 2. The van der Waals surface area contributed by atoms with E-state index in [1.165, 1.54) is 6.07 Å². The van der Waals surface area contributed by atoms with E-state index >= 15 is 0 Å². The molecule has 2 atom stereocenters. The molecule has 0 aliphatic carbocycles. The molecule has 1 heterocycles. The molecular weight excluding hydrogens is 343 g/mol. The number of carbonyl (C=O) groups excluding carboxylic acids is 2. The van der Waals surface area contributed by atoms with Crippen molar-refractivity contribution in [1.82, 2.24) is 5.32 Å². The summed E-state index contributed by atoms with van der Waals surface area (Å²) in [4.78, 5) is 26.8. The third-order valence-corrected chi connectivity index (χ3v) is 5.28. The van der Waals surface area contributed by atoms with Crippen molar-refractivity contribution in [2.75, 3.05) is 11.4 Å². The van der Waals surface area contributed by atoms with Gasteiger partial charge in [-0.15, -0.1) is 0 Å².